The van der Waals surface area contributed by atoms with E-state index in [0.29, 0.717) is 17.7 Å². The quantitative estimate of drug-likeness (QED) is 0.597. The minimum absolute atomic E-state index is 0. The van der Waals surface area contributed by atoms with Gasteiger partial charge >= 0.3 is 0 Å². The van der Waals surface area contributed by atoms with E-state index in [0.717, 1.165) is 36.9 Å². The second kappa shape index (κ2) is 9.58. The van der Waals surface area contributed by atoms with Gasteiger partial charge in [0.05, 0.1) is 6.42 Å². The third kappa shape index (κ3) is 5.37. The van der Waals surface area contributed by atoms with E-state index < -0.39 is 0 Å². The van der Waals surface area contributed by atoms with Gasteiger partial charge in [0.15, 0.2) is 5.76 Å². The van der Waals surface area contributed by atoms with Crippen molar-refractivity contribution in [3.8, 4) is 0 Å². The number of amides is 2. The number of piperidine rings is 1. The van der Waals surface area contributed by atoms with Crippen molar-refractivity contribution in [2.75, 3.05) is 18.4 Å². The molecule has 1 fully saturated rings. The molecule has 1 unspecified atom stereocenters. The summed E-state index contributed by atoms with van der Waals surface area (Å²) in [6.45, 7) is 1.85. The number of anilines is 1. The van der Waals surface area contributed by atoms with Crippen LogP contribution in [0.15, 0.2) is 59.0 Å². The van der Waals surface area contributed by atoms with Crippen molar-refractivity contribution in [1.29, 1.82) is 0 Å². The van der Waals surface area contributed by atoms with E-state index >= 15 is 0 Å². The molecule has 2 aromatic carbocycles. The Labute approximate surface area is 175 Å². The van der Waals surface area contributed by atoms with Gasteiger partial charge in [-0.1, -0.05) is 30.3 Å². The van der Waals surface area contributed by atoms with E-state index in [2.05, 4.69) is 16.0 Å². The van der Waals surface area contributed by atoms with Gasteiger partial charge in [0.1, 0.15) is 5.58 Å². The number of rotatable bonds is 5. The van der Waals surface area contributed by atoms with Crippen molar-refractivity contribution in [1.82, 2.24) is 10.6 Å². The van der Waals surface area contributed by atoms with Crippen LogP contribution in [0.1, 0.15) is 29.0 Å². The van der Waals surface area contributed by atoms with Gasteiger partial charge in [-0.25, -0.2) is 0 Å². The third-order valence-electron chi connectivity index (χ3n) is 4.89. The maximum Gasteiger partial charge on any atom is 0.291 e. The summed E-state index contributed by atoms with van der Waals surface area (Å²) in [5, 5.41) is 10.1. The zero-order valence-corrected chi connectivity index (χ0v) is 16.8. The number of fused-ring (bicyclic) bond motifs is 1. The molecule has 0 aliphatic carbocycles. The smallest absolute Gasteiger partial charge is 0.291 e. The Morgan fingerprint density at radius 1 is 1.10 bits per heavy atom. The Morgan fingerprint density at radius 2 is 1.90 bits per heavy atom. The van der Waals surface area contributed by atoms with Crippen LogP contribution in [-0.4, -0.2) is 30.9 Å². The SMILES string of the molecule is Cl.O=C(Cc1ccc(NC(=O)c2cc3ccccc3o2)cc1)NC1CCCNC1. The summed E-state index contributed by atoms with van der Waals surface area (Å²) in [7, 11) is 0. The molecule has 1 aromatic heterocycles. The van der Waals surface area contributed by atoms with Crippen LogP contribution in [-0.2, 0) is 11.2 Å². The fourth-order valence-corrected chi connectivity index (χ4v) is 3.43. The van der Waals surface area contributed by atoms with Gasteiger partial charge in [-0.15, -0.1) is 12.4 Å². The van der Waals surface area contributed by atoms with E-state index in [1.807, 2.05) is 36.4 Å². The number of benzene rings is 2. The Hall–Kier alpha value is -2.83. The van der Waals surface area contributed by atoms with Gasteiger partial charge < -0.3 is 20.4 Å². The standard InChI is InChI=1S/C22H23N3O3.ClH/c26-21(24-18-5-3-11-23-14-18)12-15-7-9-17(10-8-15)25-22(27)20-13-16-4-1-2-6-19(16)28-20;/h1-2,4,6-10,13,18,23H,3,5,11-12,14H2,(H,24,26)(H,25,27);1H. The topological polar surface area (TPSA) is 83.4 Å². The molecule has 6 nitrogen and oxygen atoms in total. The van der Waals surface area contributed by atoms with Crippen molar-refractivity contribution in [3.63, 3.8) is 0 Å². The molecule has 1 atom stereocenters. The summed E-state index contributed by atoms with van der Waals surface area (Å²) in [4.78, 5) is 24.6. The fraction of sp³-hybridized carbons (Fsp3) is 0.273. The molecule has 7 heteroatoms. The summed E-state index contributed by atoms with van der Waals surface area (Å²) in [5.74, 6) is -0.00926. The number of furan rings is 1. The minimum Gasteiger partial charge on any atom is -0.451 e. The summed E-state index contributed by atoms with van der Waals surface area (Å²) in [6, 6.07) is 16.7. The molecule has 1 aliphatic rings. The van der Waals surface area contributed by atoms with Crippen molar-refractivity contribution < 1.29 is 14.0 Å². The number of halogens is 1. The molecule has 1 saturated heterocycles. The predicted molar refractivity (Wildman–Crippen MR) is 116 cm³/mol. The second-order valence-corrected chi connectivity index (χ2v) is 7.09. The Balaban J connectivity index is 0.00000240. The number of para-hydroxylation sites is 1. The van der Waals surface area contributed by atoms with Gasteiger partial charge in [0.2, 0.25) is 5.91 Å². The molecular weight excluding hydrogens is 390 g/mol. The largest absolute Gasteiger partial charge is 0.451 e. The molecule has 3 aromatic rings. The highest BCUT2D eigenvalue weighted by Crippen LogP contribution is 2.20. The summed E-state index contributed by atoms with van der Waals surface area (Å²) in [5.41, 5.74) is 2.25. The molecular formula is C22H24ClN3O3. The average molecular weight is 414 g/mol. The average Bonchev–Trinajstić information content (AvgIpc) is 3.15. The second-order valence-electron chi connectivity index (χ2n) is 7.09. The molecule has 0 saturated carbocycles. The van der Waals surface area contributed by atoms with Crippen molar-refractivity contribution in [2.45, 2.75) is 25.3 Å². The number of hydrogen-bond acceptors (Lipinski definition) is 4. The number of carbonyl (C=O) groups is 2. The van der Waals surface area contributed by atoms with Crippen LogP contribution in [0, 0.1) is 0 Å². The first kappa shape index (κ1) is 20.9. The number of hydrogen-bond donors (Lipinski definition) is 3. The third-order valence-corrected chi connectivity index (χ3v) is 4.89. The monoisotopic (exact) mass is 413 g/mol. The molecule has 0 radical (unpaired) electrons. The zero-order valence-electron chi connectivity index (χ0n) is 15.9. The fourth-order valence-electron chi connectivity index (χ4n) is 3.43. The van der Waals surface area contributed by atoms with Crippen LogP contribution < -0.4 is 16.0 Å². The van der Waals surface area contributed by atoms with E-state index in [1.54, 1.807) is 18.2 Å². The van der Waals surface area contributed by atoms with Crippen LogP contribution in [0.4, 0.5) is 5.69 Å². The highest BCUT2D eigenvalue weighted by atomic mass is 35.5. The van der Waals surface area contributed by atoms with E-state index in [9.17, 15) is 9.59 Å². The summed E-state index contributed by atoms with van der Waals surface area (Å²) >= 11 is 0. The summed E-state index contributed by atoms with van der Waals surface area (Å²) < 4.78 is 5.58. The van der Waals surface area contributed by atoms with E-state index in [1.165, 1.54) is 0 Å². The molecule has 152 valence electrons. The maximum atomic E-state index is 12.4. The van der Waals surface area contributed by atoms with Crippen LogP contribution in [0.25, 0.3) is 11.0 Å². The molecule has 0 bridgehead atoms. The van der Waals surface area contributed by atoms with Gasteiger partial charge in [-0.05, 0) is 49.2 Å². The zero-order chi connectivity index (χ0) is 19.3. The minimum atomic E-state index is -0.300. The van der Waals surface area contributed by atoms with Gasteiger partial charge in [-0.2, -0.15) is 0 Å². The van der Waals surface area contributed by atoms with Crippen LogP contribution in [0.3, 0.4) is 0 Å². The molecule has 29 heavy (non-hydrogen) atoms. The lowest BCUT2D eigenvalue weighted by Crippen LogP contribution is -2.46. The Bertz CT molecular complexity index is 945. The lowest BCUT2D eigenvalue weighted by molar-refractivity contribution is -0.121. The predicted octanol–water partition coefficient (Wildman–Crippen LogP) is 3.52. The van der Waals surface area contributed by atoms with E-state index in [4.69, 9.17) is 4.42 Å². The molecule has 1 aliphatic heterocycles. The van der Waals surface area contributed by atoms with Crippen molar-refractivity contribution in [3.05, 3.63) is 65.9 Å². The lowest BCUT2D eigenvalue weighted by Gasteiger charge is -2.23. The molecule has 4 rings (SSSR count). The first-order chi connectivity index (χ1) is 13.7. The molecule has 2 heterocycles. The van der Waals surface area contributed by atoms with Crippen molar-refractivity contribution in [2.24, 2.45) is 0 Å². The van der Waals surface area contributed by atoms with Crippen LogP contribution >= 0.6 is 12.4 Å². The van der Waals surface area contributed by atoms with Crippen LogP contribution in [0.2, 0.25) is 0 Å². The maximum absolute atomic E-state index is 12.4. The first-order valence-corrected chi connectivity index (χ1v) is 9.56. The van der Waals surface area contributed by atoms with Gasteiger partial charge in [-0.3, -0.25) is 9.59 Å². The summed E-state index contributed by atoms with van der Waals surface area (Å²) in [6.07, 6.45) is 2.43. The molecule has 3 N–H and O–H groups in total. The number of carbonyl (C=O) groups excluding carboxylic acids is 2. The normalized spacial score (nSPS) is 16.1. The van der Waals surface area contributed by atoms with Gasteiger partial charge in [0, 0.05) is 23.7 Å². The number of nitrogens with one attached hydrogen (secondary N) is 3. The highest BCUT2D eigenvalue weighted by molar-refractivity contribution is 6.04. The van der Waals surface area contributed by atoms with Gasteiger partial charge in [0.25, 0.3) is 5.91 Å². The van der Waals surface area contributed by atoms with Crippen LogP contribution in [0.5, 0.6) is 0 Å². The first-order valence-electron chi connectivity index (χ1n) is 9.56. The van der Waals surface area contributed by atoms with Crippen molar-refractivity contribution >= 4 is 40.9 Å². The Morgan fingerprint density at radius 3 is 2.62 bits per heavy atom. The Kier molecular flexibility index (Phi) is 6.90. The lowest BCUT2D eigenvalue weighted by atomic mass is 10.1. The molecule has 2 amide bonds. The highest BCUT2D eigenvalue weighted by Gasteiger charge is 2.16. The molecule has 0 spiro atoms. The van der Waals surface area contributed by atoms with E-state index in [-0.39, 0.29) is 36.0 Å².